The average Bonchev–Trinajstić information content (AvgIpc) is 2.60. The molecule has 15 heavy (non-hydrogen) atoms. The lowest BCUT2D eigenvalue weighted by Gasteiger charge is -2.08. The molecule has 0 aromatic carbocycles. The Balaban J connectivity index is 2.09. The highest BCUT2D eigenvalue weighted by Gasteiger charge is 2.03. The van der Waals surface area contributed by atoms with Gasteiger partial charge in [-0.2, -0.15) is 5.10 Å². The predicted octanol–water partition coefficient (Wildman–Crippen LogP) is 2.29. The molecule has 0 radical (unpaired) electrons. The summed E-state index contributed by atoms with van der Waals surface area (Å²) in [6.45, 7) is 2.11. The normalized spacial score (nSPS) is 13.0. The molecule has 1 rings (SSSR count). The highest BCUT2D eigenvalue weighted by molar-refractivity contribution is 4.99. The number of hydrogen-bond acceptors (Lipinski definition) is 2. The first-order chi connectivity index (χ1) is 7.24. The van der Waals surface area contributed by atoms with E-state index in [0.717, 1.165) is 38.5 Å². The average molecular weight is 210 g/mol. The van der Waals surface area contributed by atoms with E-state index in [2.05, 4.69) is 18.1 Å². The number of aliphatic hydroxyl groups is 1. The minimum atomic E-state index is -0.0958. The number of unbranched alkanes of at least 4 members (excludes halogenated alkanes) is 1. The van der Waals surface area contributed by atoms with Crippen molar-refractivity contribution in [2.45, 2.75) is 51.6 Å². The molecule has 1 heterocycles. The summed E-state index contributed by atoms with van der Waals surface area (Å²) in [5.41, 5.74) is 1.28. The summed E-state index contributed by atoms with van der Waals surface area (Å²) in [6.07, 6.45) is 7.99. The van der Waals surface area contributed by atoms with Crippen molar-refractivity contribution in [1.82, 2.24) is 9.78 Å². The van der Waals surface area contributed by atoms with Crippen LogP contribution in [0.5, 0.6) is 0 Å². The Bertz CT molecular complexity index is 270. The Labute approximate surface area is 92.1 Å². The second kappa shape index (κ2) is 6.62. The monoisotopic (exact) mass is 210 g/mol. The zero-order valence-electron chi connectivity index (χ0n) is 9.82. The number of hydrogen-bond donors (Lipinski definition) is 1. The van der Waals surface area contributed by atoms with Gasteiger partial charge in [-0.3, -0.25) is 4.68 Å². The second-order valence-electron chi connectivity index (χ2n) is 4.13. The zero-order chi connectivity index (χ0) is 11.1. The quantitative estimate of drug-likeness (QED) is 0.701. The standard InChI is InChI=1S/C12H22N2O/c1-3-6-12(15)8-5-4-7-11-9-10-13-14(11)2/h9-10,12,15H,3-8H2,1-2H3. The third-order valence-corrected chi connectivity index (χ3v) is 2.76. The predicted molar refractivity (Wildman–Crippen MR) is 61.7 cm³/mol. The van der Waals surface area contributed by atoms with Crippen molar-refractivity contribution in [1.29, 1.82) is 0 Å². The zero-order valence-corrected chi connectivity index (χ0v) is 9.82. The summed E-state index contributed by atoms with van der Waals surface area (Å²) in [4.78, 5) is 0. The van der Waals surface area contributed by atoms with Gasteiger partial charge in [0.1, 0.15) is 0 Å². The van der Waals surface area contributed by atoms with Crippen LogP contribution in [0.1, 0.15) is 44.7 Å². The van der Waals surface area contributed by atoms with Crippen molar-refractivity contribution in [2.24, 2.45) is 7.05 Å². The topological polar surface area (TPSA) is 38.1 Å². The van der Waals surface area contributed by atoms with Gasteiger partial charge in [-0.05, 0) is 31.7 Å². The molecule has 86 valence electrons. The van der Waals surface area contributed by atoms with Crippen LogP contribution in [0, 0.1) is 0 Å². The van der Waals surface area contributed by atoms with Crippen molar-refractivity contribution in [3.63, 3.8) is 0 Å². The Morgan fingerprint density at radius 2 is 2.20 bits per heavy atom. The van der Waals surface area contributed by atoms with Crippen LogP contribution >= 0.6 is 0 Å². The van der Waals surface area contributed by atoms with Crippen LogP contribution in [-0.2, 0) is 13.5 Å². The molecule has 1 aromatic rings. The molecule has 0 saturated carbocycles. The number of rotatable bonds is 7. The van der Waals surface area contributed by atoms with E-state index in [0.29, 0.717) is 0 Å². The maximum Gasteiger partial charge on any atom is 0.0540 e. The Hall–Kier alpha value is -0.830. The summed E-state index contributed by atoms with van der Waals surface area (Å²) in [6, 6.07) is 2.06. The summed E-state index contributed by atoms with van der Waals surface area (Å²) in [5.74, 6) is 0. The van der Waals surface area contributed by atoms with Crippen LogP contribution in [0.15, 0.2) is 12.3 Å². The third-order valence-electron chi connectivity index (χ3n) is 2.76. The number of nitrogens with zero attached hydrogens (tertiary/aromatic N) is 2. The first-order valence-corrected chi connectivity index (χ1v) is 5.89. The van der Waals surface area contributed by atoms with E-state index in [9.17, 15) is 5.11 Å². The summed E-state index contributed by atoms with van der Waals surface area (Å²) < 4.78 is 1.92. The molecule has 0 amide bonds. The van der Waals surface area contributed by atoms with Crippen LogP contribution in [0.2, 0.25) is 0 Å². The molecule has 3 nitrogen and oxygen atoms in total. The Morgan fingerprint density at radius 1 is 1.40 bits per heavy atom. The van der Waals surface area contributed by atoms with E-state index < -0.39 is 0 Å². The molecule has 0 spiro atoms. The second-order valence-corrected chi connectivity index (χ2v) is 4.13. The van der Waals surface area contributed by atoms with E-state index in [1.165, 1.54) is 5.69 Å². The summed E-state index contributed by atoms with van der Waals surface area (Å²) in [5, 5.41) is 13.7. The molecule has 1 unspecified atom stereocenters. The Kier molecular flexibility index (Phi) is 5.40. The van der Waals surface area contributed by atoms with Gasteiger partial charge in [0.25, 0.3) is 0 Å². The van der Waals surface area contributed by atoms with Crippen LogP contribution in [0.4, 0.5) is 0 Å². The van der Waals surface area contributed by atoms with E-state index in [-0.39, 0.29) is 6.10 Å². The molecule has 1 atom stereocenters. The van der Waals surface area contributed by atoms with Crippen molar-refractivity contribution in [3.8, 4) is 0 Å². The largest absolute Gasteiger partial charge is 0.393 e. The fourth-order valence-corrected chi connectivity index (χ4v) is 1.81. The van der Waals surface area contributed by atoms with Crippen LogP contribution in [0.3, 0.4) is 0 Å². The fraction of sp³-hybridized carbons (Fsp3) is 0.750. The van der Waals surface area contributed by atoms with Gasteiger partial charge in [-0.25, -0.2) is 0 Å². The molecule has 0 bridgehead atoms. The fourth-order valence-electron chi connectivity index (χ4n) is 1.81. The van der Waals surface area contributed by atoms with E-state index >= 15 is 0 Å². The molecule has 1 aromatic heterocycles. The first kappa shape index (κ1) is 12.2. The lowest BCUT2D eigenvalue weighted by molar-refractivity contribution is 0.150. The summed E-state index contributed by atoms with van der Waals surface area (Å²) >= 11 is 0. The minimum absolute atomic E-state index is 0.0958. The first-order valence-electron chi connectivity index (χ1n) is 5.89. The molecular formula is C12H22N2O. The van der Waals surface area contributed by atoms with Gasteiger partial charge in [0.2, 0.25) is 0 Å². The molecule has 0 aliphatic heterocycles. The van der Waals surface area contributed by atoms with Gasteiger partial charge in [0.05, 0.1) is 6.10 Å². The molecule has 0 aliphatic carbocycles. The lowest BCUT2D eigenvalue weighted by atomic mass is 10.1. The number of aliphatic hydroxyl groups excluding tert-OH is 1. The smallest absolute Gasteiger partial charge is 0.0540 e. The van der Waals surface area contributed by atoms with Gasteiger partial charge >= 0.3 is 0 Å². The molecule has 3 heteroatoms. The highest BCUT2D eigenvalue weighted by atomic mass is 16.3. The van der Waals surface area contributed by atoms with Crippen molar-refractivity contribution < 1.29 is 5.11 Å². The molecular weight excluding hydrogens is 188 g/mol. The summed E-state index contributed by atoms with van der Waals surface area (Å²) in [7, 11) is 1.97. The third kappa shape index (κ3) is 4.47. The van der Waals surface area contributed by atoms with Gasteiger partial charge in [0.15, 0.2) is 0 Å². The van der Waals surface area contributed by atoms with Crippen LogP contribution in [0.25, 0.3) is 0 Å². The van der Waals surface area contributed by atoms with Gasteiger partial charge in [0, 0.05) is 18.9 Å². The van der Waals surface area contributed by atoms with Gasteiger partial charge < -0.3 is 5.11 Å². The minimum Gasteiger partial charge on any atom is -0.393 e. The van der Waals surface area contributed by atoms with Crippen molar-refractivity contribution in [3.05, 3.63) is 18.0 Å². The van der Waals surface area contributed by atoms with Crippen LogP contribution in [-0.4, -0.2) is 21.0 Å². The van der Waals surface area contributed by atoms with E-state index in [1.54, 1.807) is 0 Å². The van der Waals surface area contributed by atoms with Crippen molar-refractivity contribution >= 4 is 0 Å². The molecule has 0 aliphatic rings. The molecule has 1 N–H and O–H groups in total. The van der Waals surface area contributed by atoms with E-state index in [4.69, 9.17) is 0 Å². The number of aromatic nitrogens is 2. The van der Waals surface area contributed by atoms with Gasteiger partial charge in [-0.1, -0.05) is 19.8 Å². The highest BCUT2D eigenvalue weighted by Crippen LogP contribution is 2.09. The van der Waals surface area contributed by atoms with Gasteiger partial charge in [-0.15, -0.1) is 0 Å². The maximum atomic E-state index is 9.54. The Morgan fingerprint density at radius 3 is 2.80 bits per heavy atom. The van der Waals surface area contributed by atoms with Crippen molar-refractivity contribution in [2.75, 3.05) is 0 Å². The molecule has 0 saturated heterocycles. The SMILES string of the molecule is CCCC(O)CCCCc1ccnn1C. The lowest BCUT2D eigenvalue weighted by Crippen LogP contribution is -2.05. The van der Waals surface area contributed by atoms with E-state index in [1.807, 2.05) is 17.9 Å². The van der Waals surface area contributed by atoms with Crippen LogP contribution < -0.4 is 0 Å². The maximum absolute atomic E-state index is 9.54. The number of aryl methyl sites for hydroxylation is 2. The molecule has 0 fully saturated rings.